The summed E-state index contributed by atoms with van der Waals surface area (Å²) in [7, 11) is 0. The molecule has 110 valence electrons. The van der Waals surface area contributed by atoms with Crippen molar-refractivity contribution in [3.8, 4) is 0 Å². The van der Waals surface area contributed by atoms with E-state index in [1.807, 2.05) is 13.0 Å². The van der Waals surface area contributed by atoms with Crippen LogP contribution in [0, 0.1) is 11.6 Å². The van der Waals surface area contributed by atoms with E-state index in [0.29, 0.717) is 12.1 Å². The highest BCUT2D eigenvalue weighted by molar-refractivity contribution is 5.94. The Kier molecular flexibility index (Phi) is 4.52. The molecule has 0 spiro atoms. The molecule has 0 saturated heterocycles. The van der Waals surface area contributed by atoms with Crippen LogP contribution in [-0.4, -0.2) is 11.9 Å². The second kappa shape index (κ2) is 6.35. The Balaban J connectivity index is 2.07. The molecule has 0 aliphatic carbocycles. The molecule has 0 heterocycles. The number of amides is 1. The van der Waals surface area contributed by atoms with E-state index in [-0.39, 0.29) is 17.4 Å². The van der Waals surface area contributed by atoms with Crippen LogP contribution in [0.5, 0.6) is 0 Å². The number of rotatable bonds is 5. The van der Waals surface area contributed by atoms with E-state index in [4.69, 9.17) is 5.73 Å². The molecule has 0 aliphatic rings. The van der Waals surface area contributed by atoms with E-state index in [2.05, 4.69) is 5.32 Å². The van der Waals surface area contributed by atoms with E-state index < -0.39 is 11.7 Å². The molecule has 3 N–H and O–H groups in total. The van der Waals surface area contributed by atoms with Gasteiger partial charge in [-0.25, -0.2) is 8.78 Å². The maximum atomic E-state index is 13.4. The summed E-state index contributed by atoms with van der Waals surface area (Å²) < 4.78 is 26.5. The van der Waals surface area contributed by atoms with Crippen LogP contribution >= 0.6 is 0 Å². The third kappa shape index (κ3) is 4.02. The normalized spacial score (nSPS) is 12.0. The minimum Gasteiger partial charge on any atom is -0.382 e. The number of carbonyl (C=O) groups excluding carboxylic acids is 1. The number of anilines is 1. The molecule has 2 rings (SSSR count). The van der Waals surface area contributed by atoms with Gasteiger partial charge in [0.15, 0.2) is 0 Å². The molecular weight excluding hydrogens is 274 g/mol. The lowest BCUT2D eigenvalue weighted by molar-refractivity contribution is 0.0996. The van der Waals surface area contributed by atoms with E-state index >= 15 is 0 Å². The highest BCUT2D eigenvalue weighted by Crippen LogP contribution is 2.16. The van der Waals surface area contributed by atoms with E-state index in [0.717, 1.165) is 5.56 Å². The van der Waals surface area contributed by atoms with Gasteiger partial charge in [-0.05, 0) is 49.2 Å². The maximum Gasteiger partial charge on any atom is 0.251 e. The molecule has 5 heteroatoms. The van der Waals surface area contributed by atoms with Gasteiger partial charge in [0.2, 0.25) is 0 Å². The van der Waals surface area contributed by atoms with Crippen molar-refractivity contribution in [2.75, 3.05) is 5.32 Å². The van der Waals surface area contributed by atoms with Crippen LogP contribution in [0.25, 0.3) is 0 Å². The fourth-order valence-electron chi connectivity index (χ4n) is 2.16. The zero-order valence-corrected chi connectivity index (χ0v) is 11.6. The van der Waals surface area contributed by atoms with Crippen molar-refractivity contribution >= 4 is 11.6 Å². The topological polar surface area (TPSA) is 55.1 Å². The molecule has 0 radical (unpaired) electrons. The van der Waals surface area contributed by atoms with Crippen LogP contribution in [0.3, 0.4) is 0 Å². The Morgan fingerprint density at radius 1 is 1.24 bits per heavy atom. The van der Waals surface area contributed by atoms with Gasteiger partial charge in [-0.1, -0.05) is 12.1 Å². The van der Waals surface area contributed by atoms with E-state index in [9.17, 15) is 13.6 Å². The Labute approximate surface area is 121 Å². The number of halogens is 2. The lowest BCUT2D eigenvalue weighted by atomic mass is 10.1. The van der Waals surface area contributed by atoms with Crippen LogP contribution in [0.2, 0.25) is 0 Å². The van der Waals surface area contributed by atoms with Crippen molar-refractivity contribution in [2.24, 2.45) is 5.73 Å². The lowest BCUT2D eigenvalue weighted by Gasteiger charge is -2.16. The Morgan fingerprint density at radius 2 is 2.00 bits per heavy atom. The fourth-order valence-corrected chi connectivity index (χ4v) is 2.16. The molecule has 0 aromatic heterocycles. The highest BCUT2D eigenvalue weighted by Gasteiger charge is 2.10. The van der Waals surface area contributed by atoms with Crippen molar-refractivity contribution in [2.45, 2.75) is 19.4 Å². The average molecular weight is 290 g/mol. The van der Waals surface area contributed by atoms with Crippen molar-refractivity contribution in [3.05, 3.63) is 65.2 Å². The first-order valence-electron chi connectivity index (χ1n) is 6.56. The second-order valence-electron chi connectivity index (χ2n) is 4.94. The highest BCUT2D eigenvalue weighted by atomic mass is 19.1. The molecule has 2 aromatic rings. The van der Waals surface area contributed by atoms with Gasteiger partial charge in [0.05, 0.1) is 5.56 Å². The minimum absolute atomic E-state index is 0.0158. The van der Waals surface area contributed by atoms with Gasteiger partial charge in [-0.2, -0.15) is 0 Å². The van der Waals surface area contributed by atoms with Crippen molar-refractivity contribution in [1.82, 2.24) is 0 Å². The number of carbonyl (C=O) groups is 1. The summed E-state index contributed by atoms with van der Waals surface area (Å²) in [5.74, 6) is -1.74. The first-order valence-corrected chi connectivity index (χ1v) is 6.56. The number of nitrogens with one attached hydrogen (secondary N) is 1. The zero-order valence-electron chi connectivity index (χ0n) is 11.6. The van der Waals surface area contributed by atoms with Crippen LogP contribution in [0.15, 0.2) is 42.5 Å². The Bertz CT molecular complexity index is 658. The first-order chi connectivity index (χ1) is 9.95. The Hall–Kier alpha value is -2.43. The SMILES string of the molecule is CC(Cc1cccc(F)c1)Nc1ccc(F)c(C(N)=O)c1. The molecule has 1 atom stereocenters. The number of primary amides is 1. The number of nitrogens with two attached hydrogens (primary N) is 1. The lowest BCUT2D eigenvalue weighted by Crippen LogP contribution is -2.19. The average Bonchev–Trinajstić information content (AvgIpc) is 2.40. The summed E-state index contributed by atoms with van der Waals surface area (Å²) in [6.07, 6.45) is 0.598. The molecule has 0 fully saturated rings. The standard InChI is InChI=1S/C16H16F2N2O/c1-10(7-11-3-2-4-12(17)8-11)20-13-5-6-15(18)14(9-13)16(19)21/h2-6,8-10,20H,7H2,1H3,(H2,19,21). The fraction of sp³-hybridized carbons (Fsp3) is 0.188. The van der Waals surface area contributed by atoms with Gasteiger partial charge in [0.1, 0.15) is 11.6 Å². The number of hydrogen-bond acceptors (Lipinski definition) is 2. The summed E-state index contributed by atoms with van der Waals surface area (Å²) >= 11 is 0. The van der Waals surface area contributed by atoms with Gasteiger partial charge in [-0.3, -0.25) is 4.79 Å². The maximum absolute atomic E-state index is 13.4. The third-order valence-electron chi connectivity index (χ3n) is 3.08. The summed E-state index contributed by atoms with van der Waals surface area (Å²) in [4.78, 5) is 11.1. The smallest absolute Gasteiger partial charge is 0.251 e. The van der Waals surface area contributed by atoms with Crippen LogP contribution in [0.4, 0.5) is 14.5 Å². The third-order valence-corrected chi connectivity index (χ3v) is 3.08. The van der Waals surface area contributed by atoms with Gasteiger partial charge in [-0.15, -0.1) is 0 Å². The van der Waals surface area contributed by atoms with Gasteiger partial charge >= 0.3 is 0 Å². The monoisotopic (exact) mass is 290 g/mol. The predicted octanol–water partition coefficient (Wildman–Crippen LogP) is 3.11. The van der Waals surface area contributed by atoms with Gasteiger partial charge in [0.25, 0.3) is 5.91 Å². The van der Waals surface area contributed by atoms with Crippen molar-refractivity contribution in [1.29, 1.82) is 0 Å². The van der Waals surface area contributed by atoms with Gasteiger partial charge < -0.3 is 11.1 Å². The quantitative estimate of drug-likeness (QED) is 0.889. The molecular formula is C16H16F2N2O. The summed E-state index contributed by atoms with van der Waals surface area (Å²) in [5, 5.41) is 3.14. The molecule has 1 unspecified atom stereocenters. The number of hydrogen-bond donors (Lipinski definition) is 2. The molecule has 0 aliphatic heterocycles. The summed E-state index contributed by atoms with van der Waals surface area (Å²) in [6.45, 7) is 1.91. The molecule has 21 heavy (non-hydrogen) atoms. The Morgan fingerprint density at radius 3 is 2.67 bits per heavy atom. The molecule has 3 nitrogen and oxygen atoms in total. The first kappa shape index (κ1) is 15.0. The summed E-state index contributed by atoms with van der Waals surface area (Å²) in [5.41, 5.74) is 6.40. The van der Waals surface area contributed by atoms with Crippen LogP contribution in [-0.2, 0) is 6.42 Å². The van der Waals surface area contributed by atoms with E-state index in [1.165, 1.54) is 30.3 Å². The minimum atomic E-state index is -0.811. The summed E-state index contributed by atoms with van der Waals surface area (Å²) in [6, 6.07) is 10.4. The van der Waals surface area contributed by atoms with Crippen LogP contribution < -0.4 is 11.1 Å². The molecule has 1 amide bonds. The largest absolute Gasteiger partial charge is 0.382 e. The van der Waals surface area contributed by atoms with Crippen LogP contribution in [0.1, 0.15) is 22.8 Å². The predicted molar refractivity (Wildman–Crippen MR) is 78.1 cm³/mol. The molecule has 0 bridgehead atoms. The number of benzene rings is 2. The molecule has 2 aromatic carbocycles. The molecule has 0 saturated carbocycles. The van der Waals surface area contributed by atoms with E-state index in [1.54, 1.807) is 6.07 Å². The van der Waals surface area contributed by atoms with Crippen molar-refractivity contribution < 1.29 is 13.6 Å². The zero-order chi connectivity index (χ0) is 15.4. The second-order valence-corrected chi connectivity index (χ2v) is 4.94. The van der Waals surface area contributed by atoms with Gasteiger partial charge in [0, 0.05) is 11.7 Å². The van der Waals surface area contributed by atoms with Crippen molar-refractivity contribution in [3.63, 3.8) is 0 Å².